The molecule has 1 rings (SSSR count). The average molecular weight is 329 g/mol. The number of ether oxygens (including phenoxy) is 3. The molecule has 1 saturated heterocycles. The van der Waals surface area contributed by atoms with Crippen LogP contribution in [0.2, 0.25) is 0 Å². The second-order valence-corrected chi connectivity index (χ2v) is 7.99. The van der Waals surface area contributed by atoms with Crippen LogP contribution in [0.4, 0.5) is 4.79 Å². The molecule has 0 N–H and O–H groups in total. The van der Waals surface area contributed by atoms with Gasteiger partial charge in [0, 0.05) is 19.0 Å². The normalized spacial score (nSPS) is 18.9. The zero-order valence-corrected chi connectivity index (χ0v) is 15.3. The zero-order valence-electron chi connectivity index (χ0n) is 15.3. The number of likely N-dealkylation sites (tertiary alicyclic amines) is 1. The fourth-order valence-electron chi connectivity index (χ4n) is 2.26. The summed E-state index contributed by atoms with van der Waals surface area (Å²) in [6, 6.07) is 0. The summed E-state index contributed by atoms with van der Waals surface area (Å²) in [6.45, 7) is 13.3. The maximum Gasteiger partial charge on any atom is 0.410 e. The molecule has 1 aliphatic rings. The smallest absolute Gasteiger partial charge is 0.410 e. The lowest BCUT2D eigenvalue weighted by Crippen LogP contribution is -2.35. The van der Waals surface area contributed by atoms with Crippen LogP contribution in [-0.2, 0) is 19.0 Å². The van der Waals surface area contributed by atoms with E-state index in [2.05, 4.69) is 0 Å². The van der Waals surface area contributed by atoms with E-state index in [0.29, 0.717) is 32.2 Å². The van der Waals surface area contributed by atoms with Gasteiger partial charge < -0.3 is 19.1 Å². The molecule has 0 saturated carbocycles. The molecular formula is C17H31NO5. The summed E-state index contributed by atoms with van der Waals surface area (Å²) in [5, 5.41) is 0. The molecule has 1 aliphatic heterocycles. The molecule has 1 fully saturated rings. The van der Waals surface area contributed by atoms with Gasteiger partial charge in [0.25, 0.3) is 0 Å². The van der Waals surface area contributed by atoms with Crippen molar-refractivity contribution in [2.24, 2.45) is 5.92 Å². The highest BCUT2D eigenvalue weighted by molar-refractivity contribution is 5.70. The number of hydrogen-bond acceptors (Lipinski definition) is 5. The molecule has 1 amide bonds. The molecule has 6 heteroatoms. The number of carbonyl (C=O) groups excluding carboxylic acids is 2. The Morgan fingerprint density at radius 2 is 1.65 bits per heavy atom. The molecule has 134 valence electrons. The van der Waals surface area contributed by atoms with Gasteiger partial charge in [0.05, 0.1) is 19.6 Å². The van der Waals surface area contributed by atoms with E-state index in [1.54, 1.807) is 4.90 Å². The predicted molar refractivity (Wildman–Crippen MR) is 87.2 cm³/mol. The molecule has 1 heterocycles. The molecule has 0 aliphatic carbocycles. The highest BCUT2D eigenvalue weighted by Gasteiger charge is 2.29. The first-order chi connectivity index (χ1) is 10.5. The molecule has 0 radical (unpaired) electrons. The van der Waals surface area contributed by atoms with E-state index >= 15 is 0 Å². The first kappa shape index (κ1) is 19.7. The van der Waals surface area contributed by atoms with Crippen LogP contribution in [-0.4, -0.2) is 54.5 Å². The van der Waals surface area contributed by atoms with E-state index in [1.807, 2.05) is 41.5 Å². The number of hydrogen-bond donors (Lipinski definition) is 0. The lowest BCUT2D eigenvalue weighted by molar-refractivity contribution is -0.156. The standard InChI is InChI=1S/C17H31NO5/c1-16(2,3)22-14(19)8-10-21-12-13-7-9-18(11-13)15(20)23-17(4,5)6/h13H,7-12H2,1-6H3. The van der Waals surface area contributed by atoms with Crippen LogP contribution in [0.25, 0.3) is 0 Å². The first-order valence-corrected chi connectivity index (χ1v) is 8.24. The Bertz CT molecular complexity index is 408. The van der Waals surface area contributed by atoms with Crippen molar-refractivity contribution in [2.75, 3.05) is 26.3 Å². The van der Waals surface area contributed by atoms with E-state index in [-0.39, 0.29) is 18.5 Å². The first-order valence-electron chi connectivity index (χ1n) is 8.24. The Hall–Kier alpha value is -1.30. The molecule has 0 aromatic carbocycles. The fraction of sp³-hybridized carbons (Fsp3) is 0.882. The lowest BCUT2D eigenvalue weighted by Gasteiger charge is -2.24. The highest BCUT2D eigenvalue weighted by atomic mass is 16.6. The van der Waals surface area contributed by atoms with Crippen LogP contribution in [0.3, 0.4) is 0 Å². The zero-order chi connectivity index (χ0) is 17.7. The van der Waals surface area contributed by atoms with Gasteiger partial charge in [0.15, 0.2) is 0 Å². The van der Waals surface area contributed by atoms with Crippen molar-refractivity contribution >= 4 is 12.1 Å². The maximum absolute atomic E-state index is 12.0. The number of amides is 1. The summed E-state index contributed by atoms with van der Waals surface area (Å²) >= 11 is 0. The van der Waals surface area contributed by atoms with Crippen LogP contribution in [0.1, 0.15) is 54.4 Å². The van der Waals surface area contributed by atoms with Crippen molar-refractivity contribution in [1.82, 2.24) is 4.90 Å². The summed E-state index contributed by atoms with van der Waals surface area (Å²) in [5.74, 6) is 0.0421. The largest absolute Gasteiger partial charge is 0.460 e. The monoisotopic (exact) mass is 329 g/mol. The Morgan fingerprint density at radius 1 is 1.04 bits per heavy atom. The third-order valence-corrected chi connectivity index (χ3v) is 3.16. The predicted octanol–water partition coefficient (Wildman–Crippen LogP) is 2.99. The number of esters is 1. The van der Waals surface area contributed by atoms with E-state index < -0.39 is 11.2 Å². The van der Waals surface area contributed by atoms with Gasteiger partial charge in [-0.15, -0.1) is 0 Å². The average Bonchev–Trinajstić information content (AvgIpc) is 2.79. The van der Waals surface area contributed by atoms with E-state index in [9.17, 15) is 9.59 Å². The Morgan fingerprint density at radius 3 is 2.22 bits per heavy atom. The molecule has 0 aromatic heterocycles. The molecule has 0 aromatic rings. The van der Waals surface area contributed by atoms with Crippen molar-refractivity contribution in [3.8, 4) is 0 Å². The van der Waals surface area contributed by atoms with Gasteiger partial charge in [-0.1, -0.05) is 0 Å². The minimum atomic E-state index is -0.473. The van der Waals surface area contributed by atoms with E-state index in [4.69, 9.17) is 14.2 Å². The topological polar surface area (TPSA) is 65.1 Å². The fourth-order valence-corrected chi connectivity index (χ4v) is 2.26. The van der Waals surface area contributed by atoms with Gasteiger partial charge in [-0.2, -0.15) is 0 Å². The van der Waals surface area contributed by atoms with Crippen LogP contribution < -0.4 is 0 Å². The summed E-state index contributed by atoms with van der Waals surface area (Å²) < 4.78 is 16.1. The minimum Gasteiger partial charge on any atom is -0.460 e. The highest BCUT2D eigenvalue weighted by Crippen LogP contribution is 2.19. The molecule has 1 atom stereocenters. The Labute approximate surface area is 139 Å². The van der Waals surface area contributed by atoms with Crippen LogP contribution >= 0.6 is 0 Å². The van der Waals surface area contributed by atoms with Crippen LogP contribution in [0, 0.1) is 5.92 Å². The minimum absolute atomic E-state index is 0.250. The van der Waals surface area contributed by atoms with Crippen molar-refractivity contribution in [1.29, 1.82) is 0 Å². The summed E-state index contributed by atoms with van der Waals surface area (Å²) in [4.78, 5) is 25.2. The second kappa shape index (κ2) is 7.99. The maximum atomic E-state index is 12.0. The van der Waals surface area contributed by atoms with Gasteiger partial charge in [-0.25, -0.2) is 4.79 Å². The van der Waals surface area contributed by atoms with E-state index in [0.717, 1.165) is 6.42 Å². The molecular weight excluding hydrogens is 298 g/mol. The van der Waals surface area contributed by atoms with Gasteiger partial charge in [0.2, 0.25) is 0 Å². The van der Waals surface area contributed by atoms with Crippen LogP contribution in [0.5, 0.6) is 0 Å². The van der Waals surface area contributed by atoms with Gasteiger partial charge >= 0.3 is 12.1 Å². The van der Waals surface area contributed by atoms with Crippen molar-refractivity contribution in [3.05, 3.63) is 0 Å². The van der Waals surface area contributed by atoms with E-state index in [1.165, 1.54) is 0 Å². The van der Waals surface area contributed by atoms with Crippen molar-refractivity contribution < 1.29 is 23.8 Å². The van der Waals surface area contributed by atoms with Gasteiger partial charge in [0.1, 0.15) is 11.2 Å². The van der Waals surface area contributed by atoms with Gasteiger partial charge in [-0.05, 0) is 48.0 Å². The summed E-state index contributed by atoms with van der Waals surface area (Å²) in [5.41, 5.74) is -0.935. The molecule has 0 bridgehead atoms. The third kappa shape index (κ3) is 8.79. The number of carbonyl (C=O) groups is 2. The Balaban J connectivity index is 2.18. The second-order valence-electron chi connectivity index (χ2n) is 7.99. The van der Waals surface area contributed by atoms with Gasteiger partial charge in [-0.3, -0.25) is 4.79 Å². The lowest BCUT2D eigenvalue weighted by atomic mass is 10.1. The molecule has 0 spiro atoms. The van der Waals surface area contributed by atoms with Crippen molar-refractivity contribution in [3.63, 3.8) is 0 Å². The summed E-state index contributed by atoms with van der Waals surface area (Å²) in [6.07, 6.45) is 0.875. The molecule has 6 nitrogen and oxygen atoms in total. The number of rotatable bonds is 5. The van der Waals surface area contributed by atoms with Crippen LogP contribution in [0.15, 0.2) is 0 Å². The number of nitrogens with zero attached hydrogens (tertiary/aromatic N) is 1. The molecule has 23 heavy (non-hydrogen) atoms. The quantitative estimate of drug-likeness (QED) is 0.573. The summed E-state index contributed by atoms with van der Waals surface area (Å²) in [7, 11) is 0. The SMILES string of the molecule is CC(C)(C)OC(=O)CCOCC1CCN(C(=O)OC(C)(C)C)C1. The molecule has 1 unspecified atom stereocenters. The Kier molecular flexibility index (Phi) is 6.86. The third-order valence-electron chi connectivity index (χ3n) is 3.16. The van der Waals surface area contributed by atoms with Crippen molar-refractivity contribution in [2.45, 2.75) is 65.6 Å².